The van der Waals surface area contributed by atoms with Crippen molar-refractivity contribution in [3.05, 3.63) is 5.69 Å². The number of rotatable bonds is 2. The Morgan fingerprint density at radius 2 is 2.23 bits per heavy atom. The van der Waals surface area contributed by atoms with E-state index < -0.39 is 24.5 Å². The number of nitrogens with zero attached hydrogens (tertiary/aromatic N) is 4. The Kier molecular flexibility index (Phi) is 3.17. The van der Waals surface area contributed by atoms with Crippen molar-refractivity contribution in [2.75, 3.05) is 18.1 Å². The van der Waals surface area contributed by atoms with Crippen LogP contribution in [0, 0.1) is 19.3 Å². The fourth-order valence-electron chi connectivity index (χ4n) is 2.67. The lowest BCUT2D eigenvalue weighted by atomic mass is 9.99. The fourth-order valence-corrected chi connectivity index (χ4v) is 2.67. The molecule has 1 fully saturated rings. The number of aryl methyl sites for hydroxylation is 1. The third-order valence-electron chi connectivity index (χ3n) is 3.83. The highest BCUT2D eigenvalue weighted by Gasteiger charge is 2.48. The van der Waals surface area contributed by atoms with Crippen LogP contribution in [0.3, 0.4) is 0 Å². The van der Waals surface area contributed by atoms with Gasteiger partial charge in [-0.2, -0.15) is 15.1 Å². The molecule has 0 saturated carbocycles. The number of hydrogen-bond donors (Lipinski definition) is 4. The number of aromatic nitrogens is 4. The highest BCUT2D eigenvalue weighted by molar-refractivity contribution is 5.89. The van der Waals surface area contributed by atoms with Crippen molar-refractivity contribution in [1.82, 2.24) is 19.7 Å². The summed E-state index contributed by atoms with van der Waals surface area (Å²) in [4.78, 5) is 8.04. The third kappa shape index (κ3) is 1.89. The van der Waals surface area contributed by atoms with Crippen LogP contribution in [0.1, 0.15) is 18.3 Å². The van der Waals surface area contributed by atoms with E-state index in [1.165, 1.54) is 4.68 Å². The summed E-state index contributed by atoms with van der Waals surface area (Å²) >= 11 is 0. The first-order chi connectivity index (χ1) is 10.4. The van der Waals surface area contributed by atoms with Gasteiger partial charge in [-0.25, -0.2) is 4.68 Å². The molecule has 3 rings (SSSR count). The molecule has 6 N–H and O–H groups in total. The van der Waals surface area contributed by atoms with E-state index in [1.807, 2.05) is 0 Å². The van der Waals surface area contributed by atoms with Crippen LogP contribution in [-0.2, 0) is 4.74 Å². The van der Waals surface area contributed by atoms with Gasteiger partial charge in [0, 0.05) is 6.42 Å². The number of nitrogen functional groups attached to an aromatic ring is 2. The summed E-state index contributed by atoms with van der Waals surface area (Å²) in [6, 6.07) is 0. The number of terminal acetylenes is 1. The summed E-state index contributed by atoms with van der Waals surface area (Å²) in [6.45, 7) is 1.25. The number of hydrogen-bond acceptors (Lipinski definition) is 8. The monoisotopic (exact) mass is 304 g/mol. The van der Waals surface area contributed by atoms with Gasteiger partial charge in [-0.1, -0.05) is 5.92 Å². The van der Waals surface area contributed by atoms with Gasteiger partial charge in [0.1, 0.15) is 11.9 Å². The van der Waals surface area contributed by atoms with E-state index >= 15 is 0 Å². The average Bonchev–Trinajstić information content (AvgIpc) is 2.97. The van der Waals surface area contributed by atoms with E-state index in [1.54, 1.807) is 6.92 Å². The summed E-state index contributed by atoms with van der Waals surface area (Å²) in [5, 5.41) is 24.4. The number of ether oxygens (including phenoxy) is 1. The summed E-state index contributed by atoms with van der Waals surface area (Å²) in [5.74, 6) is 2.54. The van der Waals surface area contributed by atoms with Gasteiger partial charge in [0.05, 0.1) is 17.7 Å². The largest absolute Gasteiger partial charge is 0.392 e. The molecule has 0 unspecified atom stereocenters. The van der Waals surface area contributed by atoms with Crippen LogP contribution in [0.5, 0.6) is 0 Å². The van der Waals surface area contributed by atoms with Crippen LogP contribution in [0.2, 0.25) is 0 Å². The van der Waals surface area contributed by atoms with Crippen LogP contribution in [0.15, 0.2) is 0 Å². The SMILES string of the molecule is C#C[C@]1(CO)O[C@H](n2nc(C)c3c(N)nc(N)nc32)C[C@@H]1O. The minimum absolute atomic E-state index is 0.00932. The minimum Gasteiger partial charge on any atom is -0.392 e. The molecule has 3 heterocycles. The number of aliphatic hydroxyl groups excluding tert-OH is 2. The van der Waals surface area contributed by atoms with Crippen LogP contribution in [0.4, 0.5) is 11.8 Å². The summed E-state index contributed by atoms with van der Waals surface area (Å²) in [5.41, 5.74) is 11.0. The average molecular weight is 304 g/mol. The second-order valence-electron chi connectivity index (χ2n) is 5.21. The van der Waals surface area contributed by atoms with Crippen molar-refractivity contribution in [3.8, 4) is 12.3 Å². The first-order valence-corrected chi connectivity index (χ1v) is 6.64. The summed E-state index contributed by atoms with van der Waals surface area (Å²) in [6.07, 6.45) is 3.83. The maximum absolute atomic E-state index is 10.1. The Morgan fingerprint density at radius 3 is 2.82 bits per heavy atom. The van der Waals surface area contributed by atoms with Crippen molar-refractivity contribution >= 4 is 22.8 Å². The zero-order valence-electron chi connectivity index (χ0n) is 11.9. The molecule has 9 heteroatoms. The van der Waals surface area contributed by atoms with Gasteiger partial charge in [0.15, 0.2) is 17.5 Å². The number of nitrogens with two attached hydrogens (primary N) is 2. The Labute approximate surface area is 125 Å². The molecule has 1 aliphatic rings. The Balaban J connectivity index is 2.11. The molecule has 116 valence electrons. The van der Waals surface area contributed by atoms with Crippen LogP contribution >= 0.6 is 0 Å². The lowest BCUT2D eigenvalue weighted by Crippen LogP contribution is -2.41. The topological polar surface area (TPSA) is 145 Å². The molecule has 9 nitrogen and oxygen atoms in total. The molecule has 1 saturated heterocycles. The highest BCUT2D eigenvalue weighted by atomic mass is 16.6. The molecule has 0 bridgehead atoms. The van der Waals surface area contributed by atoms with Gasteiger partial charge in [-0.3, -0.25) is 0 Å². The Morgan fingerprint density at radius 1 is 1.50 bits per heavy atom. The van der Waals surface area contributed by atoms with Gasteiger partial charge < -0.3 is 26.4 Å². The lowest BCUT2D eigenvalue weighted by molar-refractivity contribution is -0.0921. The zero-order valence-corrected chi connectivity index (χ0v) is 11.9. The Hall–Kier alpha value is -2.41. The molecule has 0 amide bonds. The maximum Gasteiger partial charge on any atom is 0.224 e. The quantitative estimate of drug-likeness (QED) is 0.514. The molecule has 0 aromatic carbocycles. The van der Waals surface area contributed by atoms with Gasteiger partial charge in [-0.05, 0) is 6.92 Å². The van der Waals surface area contributed by atoms with Crippen molar-refractivity contribution in [1.29, 1.82) is 0 Å². The standard InChI is InChI=1S/C13H16N6O3/c1-3-13(5-20)7(21)4-8(22-13)19-11-9(6(2)18-19)10(14)16-12(15)17-11/h1,7-8,20-21H,4-5H2,2H3,(H4,14,15,16,17)/t7-,8-,13+/m0/s1. The molecule has 0 radical (unpaired) electrons. The third-order valence-corrected chi connectivity index (χ3v) is 3.83. The van der Waals surface area contributed by atoms with Gasteiger partial charge in [0.25, 0.3) is 0 Å². The molecular formula is C13H16N6O3. The summed E-state index contributed by atoms with van der Waals surface area (Å²) in [7, 11) is 0. The zero-order chi connectivity index (χ0) is 16.1. The van der Waals surface area contributed by atoms with Crippen LogP contribution < -0.4 is 11.5 Å². The molecule has 22 heavy (non-hydrogen) atoms. The molecule has 1 aliphatic heterocycles. The molecule has 2 aromatic heterocycles. The lowest BCUT2D eigenvalue weighted by Gasteiger charge is -2.23. The number of anilines is 2. The predicted molar refractivity (Wildman–Crippen MR) is 78.3 cm³/mol. The fraction of sp³-hybridized carbons (Fsp3) is 0.462. The smallest absolute Gasteiger partial charge is 0.224 e. The second kappa shape index (κ2) is 4.81. The Bertz CT molecular complexity index is 782. The van der Waals surface area contributed by atoms with Gasteiger partial charge >= 0.3 is 0 Å². The molecular weight excluding hydrogens is 288 g/mol. The number of aliphatic hydroxyl groups is 2. The van der Waals surface area contributed by atoms with Gasteiger partial charge in [-0.15, -0.1) is 6.42 Å². The van der Waals surface area contributed by atoms with E-state index in [0.717, 1.165) is 0 Å². The van der Waals surface area contributed by atoms with Crippen molar-refractivity contribution in [2.45, 2.75) is 31.3 Å². The van der Waals surface area contributed by atoms with E-state index in [-0.39, 0.29) is 18.2 Å². The second-order valence-corrected chi connectivity index (χ2v) is 5.21. The summed E-state index contributed by atoms with van der Waals surface area (Å²) < 4.78 is 7.12. The number of fused-ring (bicyclic) bond motifs is 1. The molecule has 0 aliphatic carbocycles. The highest BCUT2D eigenvalue weighted by Crippen LogP contribution is 2.38. The van der Waals surface area contributed by atoms with E-state index in [4.69, 9.17) is 22.6 Å². The van der Waals surface area contributed by atoms with Crippen LogP contribution in [-0.4, -0.2) is 48.3 Å². The van der Waals surface area contributed by atoms with Crippen molar-refractivity contribution < 1.29 is 14.9 Å². The van der Waals surface area contributed by atoms with Crippen molar-refractivity contribution in [2.24, 2.45) is 0 Å². The van der Waals surface area contributed by atoms with E-state index in [9.17, 15) is 10.2 Å². The molecule has 2 aromatic rings. The first kappa shape index (κ1) is 14.5. The molecule has 0 spiro atoms. The first-order valence-electron chi connectivity index (χ1n) is 6.64. The van der Waals surface area contributed by atoms with E-state index in [2.05, 4.69) is 21.0 Å². The van der Waals surface area contributed by atoms with Crippen LogP contribution in [0.25, 0.3) is 11.0 Å². The normalized spacial score (nSPS) is 28.1. The maximum atomic E-state index is 10.1. The molecule has 3 atom stereocenters. The van der Waals surface area contributed by atoms with Gasteiger partial charge in [0.2, 0.25) is 5.95 Å². The predicted octanol–water partition coefficient (Wildman–Crippen LogP) is -1.06. The van der Waals surface area contributed by atoms with E-state index in [0.29, 0.717) is 16.7 Å². The van der Waals surface area contributed by atoms with Crippen molar-refractivity contribution in [3.63, 3.8) is 0 Å². The minimum atomic E-state index is -1.46.